The summed E-state index contributed by atoms with van der Waals surface area (Å²) < 4.78 is 1.96. The van der Waals surface area contributed by atoms with Crippen molar-refractivity contribution in [3.05, 3.63) is 18.0 Å². The zero-order valence-corrected chi connectivity index (χ0v) is 10.7. The predicted molar refractivity (Wildman–Crippen MR) is 67.2 cm³/mol. The van der Waals surface area contributed by atoms with E-state index >= 15 is 0 Å². The molecule has 1 N–H and O–H groups in total. The fraction of sp³-hybridized carbons (Fsp3) is 0.727. The van der Waals surface area contributed by atoms with Crippen molar-refractivity contribution in [1.29, 1.82) is 0 Å². The molecular formula is C11H21N3S. The minimum Gasteiger partial charge on any atom is -0.312 e. The number of hydrogen-bond donors (Lipinski definition) is 1. The molecule has 3 nitrogen and oxygen atoms in total. The molecular weight excluding hydrogens is 206 g/mol. The molecule has 1 heterocycles. The van der Waals surface area contributed by atoms with Crippen molar-refractivity contribution < 1.29 is 0 Å². The highest BCUT2D eigenvalue weighted by atomic mass is 32.2. The number of aromatic nitrogens is 2. The molecule has 1 aromatic heterocycles. The molecule has 0 saturated carbocycles. The van der Waals surface area contributed by atoms with Crippen molar-refractivity contribution in [2.75, 3.05) is 18.6 Å². The highest BCUT2D eigenvalue weighted by molar-refractivity contribution is 7.98. The topological polar surface area (TPSA) is 29.9 Å². The van der Waals surface area contributed by atoms with Gasteiger partial charge in [-0.1, -0.05) is 6.92 Å². The lowest BCUT2D eigenvalue weighted by molar-refractivity contribution is 0.559. The van der Waals surface area contributed by atoms with E-state index in [0.717, 1.165) is 25.6 Å². The summed E-state index contributed by atoms with van der Waals surface area (Å²) >= 11 is 1.91. The maximum atomic E-state index is 4.24. The van der Waals surface area contributed by atoms with Crippen LogP contribution in [0.5, 0.6) is 0 Å². The first kappa shape index (κ1) is 12.6. The quantitative estimate of drug-likeness (QED) is 0.772. The van der Waals surface area contributed by atoms with Gasteiger partial charge >= 0.3 is 0 Å². The zero-order valence-electron chi connectivity index (χ0n) is 9.86. The van der Waals surface area contributed by atoms with Crippen molar-refractivity contribution in [1.82, 2.24) is 15.1 Å². The van der Waals surface area contributed by atoms with Gasteiger partial charge in [0.2, 0.25) is 0 Å². The number of thioether (sulfide) groups is 1. The first-order chi connectivity index (χ1) is 7.26. The molecule has 0 bridgehead atoms. The van der Waals surface area contributed by atoms with E-state index in [1.165, 1.54) is 11.3 Å². The Morgan fingerprint density at radius 3 is 3.00 bits per heavy atom. The van der Waals surface area contributed by atoms with Gasteiger partial charge in [0.05, 0.1) is 6.20 Å². The lowest BCUT2D eigenvalue weighted by Crippen LogP contribution is -2.21. The van der Waals surface area contributed by atoms with Gasteiger partial charge in [-0.15, -0.1) is 0 Å². The summed E-state index contributed by atoms with van der Waals surface area (Å²) in [7, 11) is 0. The summed E-state index contributed by atoms with van der Waals surface area (Å²) in [6.07, 6.45) is 6.20. The van der Waals surface area contributed by atoms with Crippen LogP contribution in [0.4, 0.5) is 0 Å². The molecule has 1 aromatic rings. The Kier molecular flexibility index (Phi) is 5.79. The molecule has 0 aromatic carbocycles. The Morgan fingerprint density at radius 2 is 2.40 bits per heavy atom. The van der Waals surface area contributed by atoms with Crippen LogP contribution in [0.15, 0.2) is 12.4 Å². The minimum absolute atomic E-state index is 0.737. The lowest BCUT2D eigenvalue weighted by Gasteiger charge is -2.09. The van der Waals surface area contributed by atoms with Crippen LogP contribution in [0.25, 0.3) is 0 Å². The van der Waals surface area contributed by atoms with E-state index in [2.05, 4.69) is 36.7 Å². The van der Waals surface area contributed by atoms with Gasteiger partial charge in [-0.2, -0.15) is 16.9 Å². The standard InChI is InChI=1S/C11H21N3S/c1-4-14-8-11(7-13-14)6-12-5-10(2)9-15-3/h7-8,10,12H,4-6,9H2,1-3H3. The molecule has 0 aliphatic carbocycles. The van der Waals surface area contributed by atoms with Crippen molar-refractivity contribution in [3.8, 4) is 0 Å². The van der Waals surface area contributed by atoms with Crippen molar-refractivity contribution in [3.63, 3.8) is 0 Å². The second kappa shape index (κ2) is 6.90. The van der Waals surface area contributed by atoms with Gasteiger partial charge in [-0.05, 0) is 31.4 Å². The summed E-state index contributed by atoms with van der Waals surface area (Å²) in [6, 6.07) is 0. The monoisotopic (exact) mass is 227 g/mol. The van der Waals surface area contributed by atoms with Crippen molar-refractivity contribution in [2.45, 2.75) is 26.9 Å². The molecule has 1 unspecified atom stereocenters. The van der Waals surface area contributed by atoms with E-state index < -0.39 is 0 Å². The third-order valence-corrected chi connectivity index (χ3v) is 3.19. The molecule has 15 heavy (non-hydrogen) atoms. The van der Waals surface area contributed by atoms with Crippen LogP contribution in [-0.2, 0) is 13.1 Å². The summed E-state index contributed by atoms with van der Waals surface area (Å²) in [4.78, 5) is 0. The number of nitrogens with one attached hydrogen (secondary N) is 1. The van der Waals surface area contributed by atoms with Gasteiger partial charge in [0, 0.05) is 24.8 Å². The summed E-state index contributed by atoms with van der Waals surface area (Å²) in [5, 5.41) is 7.70. The maximum absolute atomic E-state index is 4.24. The molecule has 1 rings (SSSR count). The van der Waals surface area contributed by atoms with E-state index in [0.29, 0.717) is 0 Å². The molecule has 0 spiro atoms. The van der Waals surface area contributed by atoms with Crippen LogP contribution in [-0.4, -0.2) is 28.3 Å². The van der Waals surface area contributed by atoms with Crippen LogP contribution in [0.3, 0.4) is 0 Å². The summed E-state index contributed by atoms with van der Waals surface area (Å²) in [6.45, 7) is 7.34. The van der Waals surface area contributed by atoms with E-state index in [1.54, 1.807) is 0 Å². The van der Waals surface area contributed by atoms with Crippen LogP contribution in [0, 0.1) is 5.92 Å². The van der Waals surface area contributed by atoms with E-state index in [1.807, 2.05) is 22.6 Å². The fourth-order valence-corrected chi connectivity index (χ4v) is 2.16. The molecule has 0 fully saturated rings. The molecule has 1 atom stereocenters. The van der Waals surface area contributed by atoms with Gasteiger partial charge in [0.15, 0.2) is 0 Å². The molecule has 86 valence electrons. The molecule has 0 saturated heterocycles. The minimum atomic E-state index is 0.737. The normalized spacial score (nSPS) is 13.0. The van der Waals surface area contributed by atoms with Gasteiger partial charge in [0.25, 0.3) is 0 Å². The Labute approximate surface area is 96.6 Å². The van der Waals surface area contributed by atoms with Gasteiger partial charge in [0.1, 0.15) is 0 Å². The van der Waals surface area contributed by atoms with Gasteiger partial charge in [-0.3, -0.25) is 4.68 Å². The molecule has 0 aliphatic rings. The smallest absolute Gasteiger partial charge is 0.0534 e. The zero-order chi connectivity index (χ0) is 11.1. The number of nitrogens with zero attached hydrogens (tertiary/aromatic N) is 2. The number of aryl methyl sites for hydroxylation is 1. The van der Waals surface area contributed by atoms with Crippen LogP contribution >= 0.6 is 11.8 Å². The Balaban J connectivity index is 2.19. The van der Waals surface area contributed by atoms with Crippen LogP contribution in [0.1, 0.15) is 19.4 Å². The second-order valence-electron chi connectivity index (χ2n) is 3.90. The maximum Gasteiger partial charge on any atom is 0.0534 e. The third-order valence-electron chi connectivity index (χ3n) is 2.28. The number of hydrogen-bond acceptors (Lipinski definition) is 3. The summed E-state index contributed by atoms with van der Waals surface area (Å²) in [5.41, 5.74) is 1.27. The van der Waals surface area contributed by atoms with Gasteiger partial charge < -0.3 is 5.32 Å². The number of rotatable bonds is 7. The van der Waals surface area contributed by atoms with Crippen LogP contribution in [0.2, 0.25) is 0 Å². The average molecular weight is 227 g/mol. The van der Waals surface area contributed by atoms with E-state index in [-0.39, 0.29) is 0 Å². The highest BCUT2D eigenvalue weighted by Crippen LogP contribution is 2.03. The Morgan fingerprint density at radius 1 is 1.60 bits per heavy atom. The van der Waals surface area contributed by atoms with E-state index in [4.69, 9.17) is 0 Å². The first-order valence-electron chi connectivity index (χ1n) is 5.47. The Bertz CT molecular complexity index is 273. The summed E-state index contributed by atoms with van der Waals surface area (Å²) in [5.74, 6) is 1.96. The van der Waals surface area contributed by atoms with Crippen molar-refractivity contribution in [2.24, 2.45) is 5.92 Å². The second-order valence-corrected chi connectivity index (χ2v) is 4.81. The predicted octanol–water partition coefficient (Wildman–Crippen LogP) is 1.99. The Hall–Kier alpha value is -0.480. The fourth-order valence-electron chi connectivity index (χ4n) is 1.48. The first-order valence-corrected chi connectivity index (χ1v) is 6.86. The van der Waals surface area contributed by atoms with Crippen LogP contribution < -0.4 is 5.32 Å². The van der Waals surface area contributed by atoms with E-state index in [9.17, 15) is 0 Å². The highest BCUT2D eigenvalue weighted by Gasteiger charge is 2.01. The lowest BCUT2D eigenvalue weighted by atomic mass is 10.2. The van der Waals surface area contributed by atoms with Gasteiger partial charge in [-0.25, -0.2) is 0 Å². The van der Waals surface area contributed by atoms with Crippen molar-refractivity contribution >= 4 is 11.8 Å². The SMILES string of the molecule is CCn1cc(CNCC(C)CSC)cn1. The largest absolute Gasteiger partial charge is 0.312 e. The molecule has 0 amide bonds. The average Bonchev–Trinajstić information content (AvgIpc) is 2.66. The molecule has 0 radical (unpaired) electrons. The third kappa shape index (κ3) is 4.71. The molecule has 4 heteroatoms. The molecule has 0 aliphatic heterocycles.